The third-order valence-electron chi connectivity index (χ3n) is 2.33. The third-order valence-corrected chi connectivity index (χ3v) is 3.44. The van der Waals surface area contributed by atoms with E-state index in [1.165, 1.54) is 18.4 Å². The van der Waals surface area contributed by atoms with E-state index in [4.69, 9.17) is 9.15 Å². The highest BCUT2D eigenvalue weighted by atomic mass is 32.2. The minimum absolute atomic E-state index is 0.0795. The van der Waals surface area contributed by atoms with Gasteiger partial charge in [-0.15, -0.1) is 0 Å². The van der Waals surface area contributed by atoms with Gasteiger partial charge in [-0.3, -0.25) is 0 Å². The number of nitrogens with one attached hydrogen (secondary N) is 1. The first-order valence-electron chi connectivity index (χ1n) is 5.56. The fraction of sp³-hybridized carbons (Fsp3) is 0.250. The maximum atomic E-state index is 11.4. The summed E-state index contributed by atoms with van der Waals surface area (Å²) in [6, 6.07) is 6.17. The summed E-state index contributed by atoms with van der Waals surface area (Å²) in [6.45, 7) is 0.566. The van der Waals surface area contributed by atoms with Crippen molar-refractivity contribution < 1.29 is 17.6 Å². The molecule has 0 atom stereocenters. The molecular formula is C12H14N2O4S. The molecule has 0 aliphatic rings. The summed E-state index contributed by atoms with van der Waals surface area (Å²) in [5.41, 5.74) is 0.705. The van der Waals surface area contributed by atoms with Crippen molar-refractivity contribution in [3.05, 3.63) is 36.2 Å². The normalized spacial score (nSPS) is 11.5. The maximum Gasteiger partial charge on any atom is 0.399 e. The first-order chi connectivity index (χ1) is 8.99. The van der Waals surface area contributed by atoms with Gasteiger partial charge in [0, 0.05) is 12.8 Å². The van der Waals surface area contributed by atoms with Gasteiger partial charge in [-0.2, -0.15) is 4.98 Å². The van der Waals surface area contributed by atoms with Crippen molar-refractivity contribution in [3.8, 4) is 11.8 Å². The van der Waals surface area contributed by atoms with Crippen molar-refractivity contribution in [3.63, 3.8) is 0 Å². The zero-order chi connectivity index (χ0) is 13.9. The molecule has 0 bridgehead atoms. The van der Waals surface area contributed by atoms with Crippen molar-refractivity contribution in [2.75, 3.05) is 13.3 Å². The highest BCUT2D eigenvalue weighted by Gasteiger charge is 2.10. The number of benzene rings is 1. The summed E-state index contributed by atoms with van der Waals surface area (Å²) in [4.78, 5) is 4.27. The van der Waals surface area contributed by atoms with E-state index in [-0.39, 0.29) is 11.0 Å². The Morgan fingerprint density at radius 3 is 2.89 bits per heavy atom. The monoisotopic (exact) mass is 282 g/mol. The smallest absolute Gasteiger partial charge is 0.399 e. The van der Waals surface area contributed by atoms with Crippen LogP contribution in [0.4, 0.5) is 0 Å². The Morgan fingerprint density at radius 2 is 2.21 bits per heavy atom. The Labute approximate surface area is 111 Å². The van der Waals surface area contributed by atoms with E-state index < -0.39 is 9.84 Å². The lowest BCUT2D eigenvalue weighted by molar-refractivity contribution is 0.330. The van der Waals surface area contributed by atoms with Crippen LogP contribution in [0.3, 0.4) is 0 Å². The molecule has 0 spiro atoms. The van der Waals surface area contributed by atoms with Gasteiger partial charge in [0.15, 0.2) is 9.84 Å². The summed E-state index contributed by atoms with van der Waals surface area (Å²) in [5.74, 6) is 0.362. The Balaban J connectivity index is 2.18. The van der Waals surface area contributed by atoms with Crippen LogP contribution in [0, 0.1) is 0 Å². The molecule has 0 fully saturated rings. The fourth-order valence-electron chi connectivity index (χ4n) is 1.47. The quantitative estimate of drug-likeness (QED) is 0.897. The second-order valence-electron chi connectivity index (χ2n) is 3.98. The van der Waals surface area contributed by atoms with Crippen LogP contribution in [0.2, 0.25) is 0 Å². The first-order valence-corrected chi connectivity index (χ1v) is 7.45. The molecule has 6 nitrogen and oxygen atoms in total. The third kappa shape index (κ3) is 3.55. The molecule has 2 aromatic rings. The van der Waals surface area contributed by atoms with Crippen molar-refractivity contribution in [2.45, 2.75) is 11.4 Å². The number of ether oxygens (including phenoxy) is 1. The van der Waals surface area contributed by atoms with Crippen LogP contribution < -0.4 is 10.1 Å². The molecule has 0 radical (unpaired) electrons. The number of aromatic nitrogens is 1. The number of oxazole rings is 1. The SMILES string of the molecule is CNCc1coc(Oc2cccc(S(C)(=O)=O)c2)n1. The number of rotatable bonds is 5. The molecule has 1 heterocycles. The molecule has 0 aliphatic carbocycles. The van der Waals surface area contributed by atoms with Crippen molar-refractivity contribution in [1.82, 2.24) is 10.3 Å². The Hall–Kier alpha value is -1.86. The molecule has 2 rings (SSSR count). The van der Waals surface area contributed by atoms with E-state index >= 15 is 0 Å². The standard InChI is InChI=1S/C12H14N2O4S/c1-13-7-9-8-17-12(14-9)18-10-4-3-5-11(6-10)19(2,15)16/h3-6,8,13H,7H2,1-2H3. The molecule has 0 unspecified atom stereocenters. The van der Waals surface area contributed by atoms with Crippen LogP contribution in [0.15, 0.2) is 39.8 Å². The van der Waals surface area contributed by atoms with Crippen LogP contribution >= 0.6 is 0 Å². The second kappa shape index (κ2) is 5.41. The predicted octanol–water partition coefficient (Wildman–Crippen LogP) is 1.59. The average molecular weight is 282 g/mol. The summed E-state index contributed by atoms with van der Waals surface area (Å²) in [6.07, 6.45) is 2.70. The summed E-state index contributed by atoms with van der Waals surface area (Å²) < 4.78 is 33.3. The second-order valence-corrected chi connectivity index (χ2v) is 6.00. The van der Waals surface area contributed by atoms with E-state index in [1.54, 1.807) is 19.2 Å². The average Bonchev–Trinajstić information content (AvgIpc) is 2.76. The minimum Gasteiger partial charge on any atom is -0.417 e. The zero-order valence-electron chi connectivity index (χ0n) is 10.6. The van der Waals surface area contributed by atoms with Crippen molar-refractivity contribution >= 4 is 9.84 Å². The van der Waals surface area contributed by atoms with Gasteiger partial charge in [0.25, 0.3) is 0 Å². The summed E-state index contributed by atoms with van der Waals surface area (Å²) >= 11 is 0. The van der Waals surface area contributed by atoms with Gasteiger partial charge in [0.1, 0.15) is 12.0 Å². The topological polar surface area (TPSA) is 81.4 Å². The maximum absolute atomic E-state index is 11.4. The molecule has 0 saturated carbocycles. The Bertz CT molecular complexity index is 664. The van der Waals surface area contributed by atoms with Crippen LogP contribution in [-0.2, 0) is 16.4 Å². The molecule has 0 saturated heterocycles. The summed E-state index contributed by atoms with van der Waals surface area (Å²) in [7, 11) is -1.47. The molecule has 7 heteroatoms. The Morgan fingerprint density at radius 1 is 1.42 bits per heavy atom. The van der Waals surface area contributed by atoms with Gasteiger partial charge in [-0.1, -0.05) is 6.07 Å². The first kappa shape index (κ1) is 13.6. The molecule has 0 amide bonds. The summed E-state index contributed by atoms with van der Waals surface area (Å²) in [5, 5.41) is 2.93. The molecule has 19 heavy (non-hydrogen) atoms. The van der Waals surface area contributed by atoms with Crippen LogP contribution in [0.25, 0.3) is 0 Å². The van der Waals surface area contributed by atoms with Gasteiger partial charge >= 0.3 is 6.08 Å². The van der Waals surface area contributed by atoms with Gasteiger partial charge in [0.2, 0.25) is 0 Å². The number of hydrogen-bond acceptors (Lipinski definition) is 6. The lowest BCUT2D eigenvalue weighted by atomic mass is 10.3. The van der Waals surface area contributed by atoms with E-state index in [1.807, 2.05) is 0 Å². The number of nitrogens with zero attached hydrogens (tertiary/aromatic N) is 1. The van der Waals surface area contributed by atoms with Gasteiger partial charge in [-0.05, 0) is 25.2 Å². The number of sulfone groups is 1. The predicted molar refractivity (Wildman–Crippen MR) is 68.9 cm³/mol. The molecule has 1 aromatic carbocycles. The highest BCUT2D eigenvalue weighted by molar-refractivity contribution is 7.90. The van der Waals surface area contributed by atoms with E-state index in [9.17, 15) is 8.42 Å². The van der Waals surface area contributed by atoms with E-state index in [2.05, 4.69) is 10.3 Å². The largest absolute Gasteiger partial charge is 0.417 e. The molecular weight excluding hydrogens is 268 g/mol. The zero-order valence-corrected chi connectivity index (χ0v) is 11.4. The van der Waals surface area contributed by atoms with Crippen LogP contribution in [0.5, 0.6) is 11.8 Å². The molecule has 102 valence electrons. The van der Waals surface area contributed by atoms with Gasteiger partial charge in [0.05, 0.1) is 10.6 Å². The van der Waals surface area contributed by atoms with Crippen LogP contribution in [0.1, 0.15) is 5.69 Å². The van der Waals surface area contributed by atoms with Gasteiger partial charge in [-0.25, -0.2) is 8.42 Å². The van der Waals surface area contributed by atoms with Gasteiger partial charge < -0.3 is 14.5 Å². The Kier molecular flexibility index (Phi) is 3.87. The highest BCUT2D eigenvalue weighted by Crippen LogP contribution is 2.23. The van der Waals surface area contributed by atoms with Crippen LogP contribution in [-0.4, -0.2) is 26.7 Å². The number of hydrogen-bond donors (Lipinski definition) is 1. The van der Waals surface area contributed by atoms with Crippen molar-refractivity contribution in [2.24, 2.45) is 0 Å². The van der Waals surface area contributed by atoms with E-state index in [0.717, 1.165) is 6.26 Å². The molecule has 1 N–H and O–H groups in total. The van der Waals surface area contributed by atoms with Crippen molar-refractivity contribution in [1.29, 1.82) is 0 Å². The molecule has 0 aliphatic heterocycles. The fourth-order valence-corrected chi connectivity index (χ4v) is 2.12. The van der Waals surface area contributed by atoms with E-state index in [0.29, 0.717) is 18.0 Å². The lowest BCUT2D eigenvalue weighted by Gasteiger charge is -2.02. The minimum atomic E-state index is -3.26. The molecule has 1 aromatic heterocycles. The lowest BCUT2D eigenvalue weighted by Crippen LogP contribution is -2.04.